The van der Waals surface area contributed by atoms with Crippen molar-refractivity contribution in [3.8, 4) is 0 Å². The van der Waals surface area contributed by atoms with Crippen LogP contribution in [0.25, 0.3) is 0 Å². The average molecular weight is 256 g/mol. The minimum atomic E-state index is -3.34. The Morgan fingerprint density at radius 3 is 2.18 bits per heavy atom. The van der Waals surface area contributed by atoms with Gasteiger partial charge in [0.05, 0.1) is 4.90 Å². The molecule has 0 aliphatic heterocycles. The van der Waals surface area contributed by atoms with E-state index in [1.807, 2.05) is 19.1 Å². The molecule has 1 aromatic rings. The molecule has 0 aliphatic carbocycles. The smallest absolute Gasteiger partial charge is 0.240 e. The lowest BCUT2D eigenvalue weighted by molar-refractivity contribution is 0.582. The number of hydrogen-bond acceptors (Lipinski definition) is 3. The fraction of sp³-hybridized carbons (Fsp3) is 0.500. The quantitative estimate of drug-likeness (QED) is 0.813. The molecule has 0 fully saturated rings. The third kappa shape index (κ3) is 3.80. The first kappa shape index (κ1) is 14.2. The third-order valence-electron chi connectivity index (χ3n) is 2.54. The molecule has 1 unspecified atom stereocenters. The van der Waals surface area contributed by atoms with Crippen LogP contribution in [0.4, 0.5) is 0 Å². The van der Waals surface area contributed by atoms with Crippen LogP contribution in [-0.4, -0.2) is 21.5 Å². The summed E-state index contributed by atoms with van der Waals surface area (Å²) in [6.45, 7) is 7.15. The van der Waals surface area contributed by atoms with Gasteiger partial charge in [-0.1, -0.05) is 26.0 Å². The number of hydrogen-bond donors (Lipinski definition) is 2. The van der Waals surface area contributed by atoms with Gasteiger partial charge < -0.3 is 5.32 Å². The molecule has 2 N–H and O–H groups in total. The van der Waals surface area contributed by atoms with Crippen molar-refractivity contribution in [2.75, 3.05) is 13.1 Å². The van der Waals surface area contributed by atoms with Gasteiger partial charge in [0.1, 0.15) is 0 Å². The van der Waals surface area contributed by atoms with E-state index in [1.165, 1.54) is 0 Å². The highest BCUT2D eigenvalue weighted by atomic mass is 32.2. The van der Waals surface area contributed by atoms with E-state index < -0.39 is 10.0 Å². The van der Waals surface area contributed by atoms with Crippen molar-refractivity contribution in [1.82, 2.24) is 10.0 Å². The maximum atomic E-state index is 11.7. The van der Waals surface area contributed by atoms with Crippen LogP contribution in [0.15, 0.2) is 29.2 Å². The van der Waals surface area contributed by atoms with E-state index in [1.54, 1.807) is 19.1 Å². The van der Waals surface area contributed by atoms with E-state index >= 15 is 0 Å². The molecule has 0 saturated carbocycles. The van der Waals surface area contributed by atoms with Crippen molar-refractivity contribution in [3.05, 3.63) is 29.8 Å². The first-order valence-electron chi connectivity index (χ1n) is 5.84. The zero-order valence-electron chi connectivity index (χ0n) is 10.5. The van der Waals surface area contributed by atoms with Crippen molar-refractivity contribution in [3.63, 3.8) is 0 Å². The minimum Gasteiger partial charge on any atom is -0.310 e. The molecule has 0 bridgehead atoms. The van der Waals surface area contributed by atoms with Crippen molar-refractivity contribution in [2.24, 2.45) is 0 Å². The highest BCUT2D eigenvalue weighted by Gasteiger charge is 2.12. The van der Waals surface area contributed by atoms with Crippen molar-refractivity contribution in [1.29, 1.82) is 0 Å². The third-order valence-corrected chi connectivity index (χ3v) is 4.10. The molecular weight excluding hydrogens is 236 g/mol. The van der Waals surface area contributed by atoms with Gasteiger partial charge >= 0.3 is 0 Å². The van der Waals surface area contributed by atoms with Crippen LogP contribution >= 0.6 is 0 Å². The van der Waals surface area contributed by atoms with E-state index in [0.717, 1.165) is 12.1 Å². The van der Waals surface area contributed by atoms with Gasteiger partial charge in [-0.15, -0.1) is 0 Å². The van der Waals surface area contributed by atoms with Crippen LogP contribution in [0.5, 0.6) is 0 Å². The fourth-order valence-electron chi connectivity index (χ4n) is 1.63. The number of benzene rings is 1. The van der Waals surface area contributed by atoms with Gasteiger partial charge in [-0.25, -0.2) is 13.1 Å². The van der Waals surface area contributed by atoms with E-state index in [4.69, 9.17) is 0 Å². The Morgan fingerprint density at radius 2 is 1.71 bits per heavy atom. The minimum absolute atomic E-state index is 0.232. The molecule has 1 aromatic carbocycles. The van der Waals surface area contributed by atoms with Crippen molar-refractivity contribution in [2.45, 2.75) is 31.7 Å². The Kier molecular flexibility index (Phi) is 5.11. The Labute approximate surface area is 103 Å². The van der Waals surface area contributed by atoms with Gasteiger partial charge in [0, 0.05) is 12.6 Å². The zero-order valence-corrected chi connectivity index (χ0v) is 11.3. The SMILES string of the molecule is CCNC(C)c1ccc(S(=O)(=O)NCC)cc1. The zero-order chi connectivity index (χ0) is 12.9. The van der Waals surface area contributed by atoms with Gasteiger partial charge in [0.25, 0.3) is 0 Å². The van der Waals surface area contributed by atoms with E-state index in [9.17, 15) is 8.42 Å². The molecule has 1 rings (SSSR count). The second-order valence-electron chi connectivity index (χ2n) is 3.85. The van der Waals surface area contributed by atoms with Gasteiger partial charge in [0.15, 0.2) is 0 Å². The predicted molar refractivity (Wildman–Crippen MR) is 69.4 cm³/mol. The topological polar surface area (TPSA) is 58.2 Å². The summed E-state index contributed by atoms with van der Waals surface area (Å²) in [5, 5.41) is 3.28. The molecule has 96 valence electrons. The normalized spacial score (nSPS) is 13.6. The van der Waals surface area contributed by atoms with Crippen LogP contribution in [0.2, 0.25) is 0 Å². The largest absolute Gasteiger partial charge is 0.310 e. The molecule has 0 radical (unpaired) electrons. The lowest BCUT2D eigenvalue weighted by atomic mass is 10.1. The molecule has 1 atom stereocenters. The molecular formula is C12H20N2O2S. The van der Waals surface area contributed by atoms with Gasteiger partial charge in [-0.2, -0.15) is 0 Å². The fourth-order valence-corrected chi connectivity index (χ4v) is 2.67. The summed E-state index contributed by atoms with van der Waals surface area (Å²) >= 11 is 0. The van der Waals surface area contributed by atoms with E-state index in [-0.39, 0.29) is 6.04 Å². The first-order valence-corrected chi connectivity index (χ1v) is 7.32. The molecule has 5 heteroatoms. The van der Waals surface area contributed by atoms with Crippen molar-refractivity contribution >= 4 is 10.0 Å². The number of nitrogens with one attached hydrogen (secondary N) is 2. The predicted octanol–water partition coefficient (Wildman–Crippen LogP) is 1.66. The van der Waals surface area contributed by atoms with Crippen LogP contribution < -0.4 is 10.0 Å². The highest BCUT2D eigenvalue weighted by Crippen LogP contribution is 2.15. The van der Waals surface area contributed by atoms with Gasteiger partial charge in [0.2, 0.25) is 10.0 Å². The molecule has 0 aromatic heterocycles. The maximum Gasteiger partial charge on any atom is 0.240 e. The molecule has 0 aliphatic rings. The second kappa shape index (κ2) is 6.14. The van der Waals surface area contributed by atoms with Crippen LogP contribution in [0, 0.1) is 0 Å². The summed E-state index contributed by atoms with van der Waals surface area (Å²) in [6, 6.07) is 7.20. The monoisotopic (exact) mass is 256 g/mol. The Bertz CT molecular complexity index is 440. The molecule has 0 amide bonds. The average Bonchev–Trinajstić information content (AvgIpc) is 2.29. The lowest BCUT2D eigenvalue weighted by Gasteiger charge is -2.13. The molecule has 0 spiro atoms. The molecule has 0 saturated heterocycles. The molecule has 0 heterocycles. The standard InChI is InChI=1S/C12H20N2O2S/c1-4-13-10(3)11-6-8-12(9-7-11)17(15,16)14-5-2/h6-10,13-14H,4-5H2,1-3H3. The van der Waals surface area contributed by atoms with E-state index in [0.29, 0.717) is 11.4 Å². The maximum absolute atomic E-state index is 11.7. The van der Waals surface area contributed by atoms with Gasteiger partial charge in [-0.05, 0) is 31.2 Å². The van der Waals surface area contributed by atoms with Crippen LogP contribution in [0.3, 0.4) is 0 Å². The summed E-state index contributed by atoms with van der Waals surface area (Å²) in [5.41, 5.74) is 1.09. The van der Waals surface area contributed by atoms with Crippen LogP contribution in [0.1, 0.15) is 32.4 Å². The summed E-state index contributed by atoms with van der Waals surface area (Å²) in [5.74, 6) is 0. The lowest BCUT2D eigenvalue weighted by Crippen LogP contribution is -2.23. The summed E-state index contributed by atoms with van der Waals surface area (Å²) in [7, 11) is -3.34. The second-order valence-corrected chi connectivity index (χ2v) is 5.62. The van der Waals surface area contributed by atoms with E-state index in [2.05, 4.69) is 17.0 Å². The Balaban J connectivity index is 2.88. The summed E-state index contributed by atoms with van der Waals surface area (Å²) in [6.07, 6.45) is 0. The summed E-state index contributed by atoms with van der Waals surface area (Å²) in [4.78, 5) is 0.312. The Morgan fingerprint density at radius 1 is 1.12 bits per heavy atom. The number of rotatable bonds is 6. The van der Waals surface area contributed by atoms with Crippen molar-refractivity contribution < 1.29 is 8.42 Å². The molecule has 17 heavy (non-hydrogen) atoms. The summed E-state index contributed by atoms with van der Waals surface area (Å²) < 4.78 is 25.9. The highest BCUT2D eigenvalue weighted by molar-refractivity contribution is 7.89. The molecule has 4 nitrogen and oxygen atoms in total. The first-order chi connectivity index (χ1) is 8.01. The Hall–Kier alpha value is -0.910. The van der Waals surface area contributed by atoms with Crippen LogP contribution in [-0.2, 0) is 10.0 Å². The number of sulfonamides is 1. The van der Waals surface area contributed by atoms with Gasteiger partial charge in [-0.3, -0.25) is 0 Å².